The van der Waals surface area contributed by atoms with Crippen LogP contribution in [0, 0.1) is 0 Å². The number of unbranched alkanes of at least 4 members (excludes halogenated alkanes) is 2. The van der Waals surface area contributed by atoms with E-state index in [1.54, 1.807) is 6.07 Å². The summed E-state index contributed by atoms with van der Waals surface area (Å²) >= 11 is 0. The minimum atomic E-state index is 0.328. The van der Waals surface area contributed by atoms with E-state index in [0.717, 1.165) is 11.1 Å². The Hall–Kier alpha value is -1.80. The number of phenols is 1. The van der Waals surface area contributed by atoms with E-state index >= 15 is 0 Å². The zero-order chi connectivity index (χ0) is 16.0. The highest BCUT2D eigenvalue weighted by atomic mass is 16.3. The van der Waals surface area contributed by atoms with Gasteiger partial charge in [0.2, 0.25) is 0 Å². The van der Waals surface area contributed by atoms with E-state index in [9.17, 15) is 5.11 Å². The van der Waals surface area contributed by atoms with Crippen LogP contribution in [-0.4, -0.2) is 18.2 Å². The summed E-state index contributed by atoms with van der Waals surface area (Å²) in [5.41, 5.74) is 1.92. The standard InChI is InChI=1S/C12H10O.C8H19N/c13-12-9-5-4-8-11(12)10-6-2-1-3-7-10;1-3-5-7-9-8-6-4-2/h1-9,13H;9H,3-8H2,1-2H3. The molecule has 0 unspecified atom stereocenters. The van der Waals surface area contributed by atoms with Gasteiger partial charge in [-0.25, -0.2) is 0 Å². The topological polar surface area (TPSA) is 32.3 Å². The predicted octanol–water partition coefficient (Wildman–Crippen LogP) is 5.24. The first-order valence-corrected chi connectivity index (χ1v) is 8.33. The lowest BCUT2D eigenvalue weighted by molar-refractivity contribution is 0.477. The van der Waals surface area contributed by atoms with Crippen LogP contribution < -0.4 is 5.32 Å². The number of para-hydroxylation sites is 1. The Morgan fingerprint density at radius 3 is 1.86 bits per heavy atom. The molecule has 0 atom stereocenters. The van der Waals surface area contributed by atoms with E-state index in [1.807, 2.05) is 48.5 Å². The summed E-state index contributed by atoms with van der Waals surface area (Å²) in [6.07, 6.45) is 5.26. The van der Waals surface area contributed by atoms with Gasteiger partial charge in [0.25, 0.3) is 0 Å². The lowest BCUT2D eigenvalue weighted by atomic mass is 10.1. The molecule has 0 aromatic heterocycles. The van der Waals surface area contributed by atoms with E-state index in [0.29, 0.717) is 5.75 Å². The zero-order valence-electron chi connectivity index (χ0n) is 13.9. The number of nitrogens with one attached hydrogen (secondary N) is 1. The van der Waals surface area contributed by atoms with Gasteiger partial charge in [-0.2, -0.15) is 0 Å². The van der Waals surface area contributed by atoms with Crippen LogP contribution in [0.15, 0.2) is 54.6 Å². The van der Waals surface area contributed by atoms with Crippen molar-refractivity contribution in [3.8, 4) is 16.9 Å². The molecule has 0 bridgehead atoms. The molecular formula is C20H29NO. The second-order valence-corrected chi connectivity index (χ2v) is 5.34. The molecule has 0 saturated heterocycles. The van der Waals surface area contributed by atoms with Crippen molar-refractivity contribution < 1.29 is 5.11 Å². The van der Waals surface area contributed by atoms with Crippen molar-refractivity contribution in [2.75, 3.05) is 13.1 Å². The van der Waals surface area contributed by atoms with Gasteiger partial charge in [0.05, 0.1) is 0 Å². The summed E-state index contributed by atoms with van der Waals surface area (Å²) in [4.78, 5) is 0. The van der Waals surface area contributed by atoms with Crippen molar-refractivity contribution in [3.05, 3.63) is 54.6 Å². The Bertz CT molecular complexity index is 490. The highest BCUT2D eigenvalue weighted by molar-refractivity contribution is 5.69. The van der Waals surface area contributed by atoms with Gasteiger partial charge in [-0.15, -0.1) is 0 Å². The van der Waals surface area contributed by atoms with Crippen molar-refractivity contribution in [2.24, 2.45) is 0 Å². The molecule has 2 nitrogen and oxygen atoms in total. The fourth-order valence-corrected chi connectivity index (χ4v) is 2.06. The average molecular weight is 299 g/mol. The van der Waals surface area contributed by atoms with Gasteiger partial charge in [-0.3, -0.25) is 0 Å². The van der Waals surface area contributed by atoms with Gasteiger partial charge in [0.15, 0.2) is 0 Å². The minimum absolute atomic E-state index is 0.328. The smallest absolute Gasteiger partial charge is 0.123 e. The van der Waals surface area contributed by atoms with Crippen LogP contribution in [0.25, 0.3) is 11.1 Å². The van der Waals surface area contributed by atoms with E-state index in [2.05, 4.69) is 19.2 Å². The van der Waals surface area contributed by atoms with Gasteiger partial charge in [-0.1, -0.05) is 75.2 Å². The summed E-state index contributed by atoms with van der Waals surface area (Å²) in [7, 11) is 0. The van der Waals surface area contributed by atoms with Crippen molar-refractivity contribution in [1.29, 1.82) is 0 Å². The predicted molar refractivity (Wildman–Crippen MR) is 96.2 cm³/mol. The molecule has 0 aliphatic carbocycles. The molecule has 0 radical (unpaired) electrons. The quantitative estimate of drug-likeness (QED) is 0.686. The van der Waals surface area contributed by atoms with Gasteiger partial charge in [0.1, 0.15) is 5.75 Å². The molecule has 2 aromatic carbocycles. The fourth-order valence-electron chi connectivity index (χ4n) is 2.06. The lowest BCUT2D eigenvalue weighted by Gasteiger charge is -2.02. The average Bonchev–Trinajstić information content (AvgIpc) is 2.57. The first-order chi connectivity index (χ1) is 10.8. The Morgan fingerprint density at radius 1 is 0.773 bits per heavy atom. The van der Waals surface area contributed by atoms with Crippen LogP contribution in [0.3, 0.4) is 0 Å². The molecule has 120 valence electrons. The molecular weight excluding hydrogens is 270 g/mol. The highest BCUT2D eigenvalue weighted by Gasteiger charge is 2.00. The van der Waals surface area contributed by atoms with Crippen molar-refractivity contribution in [2.45, 2.75) is 39.5 Å². The molecule has 0 aliphatic rings. The van der Waals surface area contributed by atoms with Crippen LogP contribution in [0.1, 0.15) is 39.5 Å². The highest BCUT2D eigenvalue weighted by Crippen LogP contribution is 2.27. The largest absolute Gasteiger partial charge is 0.507 e. The normalized spacial score (nSPS) is 9.91. The van der Waals surface area contributed by atoms with Crippen molar-refractivity contribution >= 4 is 0 Å². The summed E-state index contributed by atoms with van der Waals surface area (Å²) in [6, 6.07) is 17.2. The monoisotopic (exact) mass is 299 g/mol. The molecule has 2 N–H and O–H groups in total. The van der Waals surface area contributed by atoms with Crippen LogP contribution >= 0.6 is 0 Å². The molecule has 0 heterocycles. The van der Waals surface area contributed by atoms with Gasteiger partial charge in [-0.05, 0) is 37.6 Å². The van der Waals surface area contributed by atoms with Crippen LogP contribution in [-0.2, 0) is 0 Å². The third-order valence-electron chi connectivity index (χ3n) is 3.40. The minimum Gasteiger partial charge on any atom is -0.507 e. The maximum atomic E-state index is 9.56. The van der Waals surface area contributed by atoms with Crippen molar-refractivity contribution in [3.63, 3.8) is 0 Å². The summed E-state index contributed by atoms with van der Waals surface area (Å²) in [6.45, 7) is 6.86. The third-order valence-corrected chi connectivity index (χ3v) is 3.40. The number of hydrogen-bond donors (Lipinski definition) is 2. The number of aromatic hydroxyl groups is 1. The van der Waals surface area contributed by atoms with Gasteiger partial charge >= 0.3 is 0 Å². The Kier molecular flexibility index (Phi) is 9.80. The molecule has 0 saturated carbocycles. The molecule has 0 amide bonds. The second-order valence-electron chi connectivity index (χ2n) is 5.34. The Balaban J connectivity index is 0.000000239. The van der Waals surface area contributed by atoms with E-state index in [1.165, 1.54) is 38.8 Å². The third kappa shape index (κ3) is 7.28. The first kappa shape index (κ1) is 18.2. The first-order valence-electron chi connectivity index (χ1n) is 8.33. The van der Waals surface area contributed by atoms with E-state index < -0.39 is 0 Å². The number of phenolic OH excluding ortho intramolecular Hbond substituents is 1. The Morgan fingerprint density at radius 2 is 1.32 bits per heavy atom. The molecule has 22 heavy (non-hydrogen) atoms. The molecule has 2 aromatic rings. The number of benzene rings is 2. The fraction of sp³-hybridized carbons (Fsp3) is 0.400. The molecule has 0 fully saturated rings. The summed E-state index contributed by atoms with van der Waals surface area (Å²) in [5.74, 6) is 0.328. The summed E-state index contributed by atoms with van der Waals surface area (Å²) in [5, 5.41) is 13.0. The molecule has 0 spiro atoms. The molecule has 2 heteroatoms. The second kappa shape index (κ2) is 11.8. The van der Waals surface area contributed by atoms with E-state index in [4.69, 9.17) is 0 Å². The van der Waals surface area contributed by atoms with Crippen LogP contribution in [0.2, 0.25) is 0 Å². The maximum absolute atomic E-state index is 9.56. The maximum Gasteiger partial charge on any atom is 0.123 e. The Labute approximate surface area is 135 Å². The van der Waals surface area contributed by atoms with Gasteiger partial charge in [0, 0.05) is 5.56 Å². The van der Waals surface area contributed by atoms with Crippen molar-refractivity contribution in [1.82, 2.24) is 5.32 Å². The molecule has 0 aliphatic heterocycles. The summed E-state index contributed by atoms with van der Waals surface area (Å²) < 4.78 is 0. The van der Waals surface area contributed by atoms with Crippen LogP contribution in [0.5, 0.6) is 5.75 Å². The SMILES string of the molecule is CCCCNCCCC.Oc1ccccc1-c1ccccc1. The van der Waals surface area contributed by atoms with E-state index in [-0.39, 0.29) is 0 Å². The number of rotatable bonds is 7. The molecule has 2 rings (SSSR count). The van der Waals surface area contributed by atoms with Crippen LogP contribution in [0.4, 0.5) is 0 Å². The zero-order valence-corrected chi connectivity index (χ0v) is 13.9. The number of hydrogen-bond acceptors (Lipinski definition) is 2. The lowest BCUT2D eigenvalue weighted by Crippen LogP contribution is -2.15. The van der Waals surface area contributed by atoms with Gasteiger partial charge < -0.3 is 10.4 Å².